The van der Waals surface area contributed by atoms with Crippen LogP contribution in [0.25, 0.3) is 0 Å². The number of nitrogens with zero attached hydrogens (tertiary/aromatic N) is 2. The fraction of sp³-hybridized carbons (Fsp3) is 0.800. The normalized spacial score (nSPS) is 26.2. The molecule has 0 spiro atoms. The lowest BCUT2D eigenvalue weighted by Crippen LogP contribution is -2.28. The van der Waals surface area contributed by atoms with Gasteiger partial charge in [0, 0.05) is 12.6 Å². The van der Waals surface area contributed by atoms with Crippen LogP contribution in [-0.4, -0.2) is 9.78 Å². The lowest BCUT2D eigenvalue weighted by molar-refractivity contribution is 0.235. The third kappa shape index (κ3) is 2.77. The van der Waals surface area contributed by atoms with Gasteiger partial charge >= 0.3 is 0 Å². The summed E-state index contributed by atoms with van der Waals surface area (Å²) in [7, 11) is 0. The Labute approximate surface area is 111 Å². The lowest BCUT2D eigenvalue weighted by atomic mass is 9.77. The summed E-state index contributed by atoms with van der Waals surface area (Å²) in [5, 5.41) is 4.51. The van der Waals surface area contributed by atoms with E-state index in [0.29, 0.717) is 5.92 Å². The van der Waals surface area contributed by atoms with E-state index in [0.717, 1.165) is 18.2 Å². The standard InChI is InChI=1S/C15H27N3/c1-4-12-6-8-13(9-7-12)15(16)14-10-11(3)17-18(14)5-2/h10,12-13,15H,4-9,16H2,1-3H3. The Balaban J connectivity index is 2.04. The maximum atomic E-state index is 6.49. The van der Waals surface area contributed by atoms with Crippen LogP contribution in [-0.2, 0) is 6.54 Å². The van der Waals surface area contributed by atoms with E-state index >= 15 is 0 Å². The second kappa shape index (κ2) is 5.87. The summed E-state index contributed by atoms with van der Waals surface area (Å²) in [5.41, 5.74) is 8.80. The van der Waals surface area contributed by atoms with Crippen LogP contribution in [0, 0.1) is 18.8 Å². The van der Waals surface area contributed by atoms with Crippen LogP contribution >= 0.6 is 0 Å². The van der Waals surface area contributed by atoms with Gasteiger partial charge in [-0.3, -0.25) is 4.68 Å². The van der Waals surface area contributed by atoms with Crippen molar-refractivity contribution in [1.82, 2.24) is 9.78 Å². The predicted octanol–water partition coefficient (Wildman–Crippen LogP) is 3.43. The van der Waals surface area contributed by atoms with Gasteiger partial charge < -0.3 is 5.73 Å². The van der Waals surface area contributed by atoms with Gasteiger partial charge in [0.1, 0.15) is 0 Å². The Morgan fingerprint density at radius 2 is 2.00 bits per heavy atom. The Bertz CT molecular complexity index is 375. The molecule has 1 fully saturated rings. The van der Waals surface area contributed by atoms with E-state index in [1.807, 2.05) is 0 Å². The van der Waals surface area contributed by atoms with Gasteiger partial charge in [0.05, 0.1) is 11.4 Å². The molecule has 0 radical (unpaired) electrons. The van der Waals surface area contributed by atoms with Crippen molar-refractivity contribution in [3.63, 3.8) is 0 Å². The summed E-state index contributed by atoms with van der Waals surface area (Å²) in [6.07, 6.45) is 6.61. The number of hydrogen-bond acceptors (Lipinski definition) is 2. The van der Waals surface area contributed by atoms with E-state index < -0.39 is 0 Å². The van der Waals surface area contributed by atoms with E-state index in [9.17, 15) is 0 Å². The Hall–Kier alpha value is -0.830. The zero-order valence-electron chi connectivity index (χ0n) is 12.0. The SMILES string of the molecule is CCC1CCC(C(N)c2cc(C)nn2CC)CC1. The molecule has 2 rings (SSSR count). The van der Waals surface area contributed by atoms with Gasteiger partial charge in [-0.15, -0.1) is 0 Å². The van der Waals surface area contributed by atoms with Crippen LogP contribution in [0.3, 0.4) is 0 Å². The van der Waals surface area contributed by atoms with Crippen LogP contribution in [0.4, 0.5) is 0 Å². The maximum absolute atomic E-state index is 6.49. The molecule has 0 amide bonds. The molecule has 1 unspecified atom stereocenters. The lowest BCUT2D eigenvalue weighted by Gasteiger charge is -2.31. The Kier molecular flexibility index (Phi) is 4.44. The maximum Gasteiger partial charge on any atom is 0.0597 e. The van der Waals surface area contributed by atoms with Gasteiger partial charge in [-0.05, 0) is 44.6 Å². The molecule has 1 aromatic heterocycles. The molecule has 3 nitrogen and oxygen atoms in total. The zero-order valence-corrected chi connectivity index (χ0v) is 12.0. The molecule has 1 aliphatic rings. The number of hydrogen-bond donors (Lipinski definition) is 1. The van der Waals surface area contributed by atoms with Crippen molar-refractivity contribution in [2.75, 3.05) is 0 Å². The van der Waals surface area contributed by atoms with Gasteiger partial charge in [-0.1, -0.05) is 26.2 Å². The largest absolute Gasteiger partial charge is 0.322 e. The van der Waals surface area contributed by atoms with Gasteiger partial charge in [-0.25, -0.2) is 0 Å². The Morgan fingerprint density at radius 1 is 1.33 bits per heavy atom. The molecule has 1 atom stereocenters. The van der Waals surface area contributed by atoms with Crippen molar-refractivity contribution in [3.05, 3.63) is 17.5 Å². The van der Waals surface area contributed by atoms with E-state index in [1.165, 1.54) is 37.8 Å². The van der Waals surface area contributed by atoms with Crippen molar-refractivity contribution in [2.24, 2.45) is 17.6 Å². The second-order valence-corrected chi connectivity index (χ2v) is 5.74. The van der Waals surface area contributed by atoms with Crippen molar-refractivity contribution in [3.8, 4) is 0 Å². The van der Waals surface area contributed by atoms with E-state index in [1.54, 1.807) is 0 Å². The molecular formula is C15H27N3. The van der Waals surface area contributed by atoms with Crippen LogP contribution < -0.4 is 5.73 Å². The summed E-state index contributed by atoms with van der Waals surface area (Å²) in [5.74, 6) is 1.58. The molecule has 0 saturated heterocycles. The molecule has 0 aromatic carbocycles. The third-order valence-corrected chi connectivity index (χ3v) is 4.55. The van der Waals surface area contributed by atoms with Crippen molar-refractivity contribution < 1.29 is 0 Å². The van der Waals surface area contributed by atoms with Gasteiger partial charge in [0.25, 0.3) is 0 Å². The minimum absolute atomic E-state index is 0.170. The van der Waals surface area contributed by atoms with Gasteiger partial charge in [0.2, 0.25) is 0 Å². The highest BCUT2D eigenvalue weighted by atomic mass is 15.3. The zero-order chi connectivity index (χ0) is 13.1. The highest BCUT2D eigenvalue weighted by Gasteiger charge is 2.27. The minimum Gasteiger partial charge on any atom is -0.322 e. The molecule has 1 aromatic rings. The van der Waals surface area contributed by atoms with Crippen LogP contribution in [0.5, 0.6) is 0 Å². The topological polar surface area (TPSA) is 43.8 Å². The highest BCUT2D eigenvalue weighted by molar-refractivity contribution is 5.14. The smallest absolute Gasteiger partial charge is 0.0597 e. The van der Waals surface area contributed by atoms with E-state index in [-0.39, 0.29) is 6.04 Å². The summed E-state index contributed by atoms with van der Waals surface area (Å²) < 4.78 is 2.08. The van der Waals surface area contributed by atoms with Crippen LogP contribution in [0.1, 0.15) is 63.4 Å². The molecule has 0 aliphatic heterocycles. The van der Waals surface area contributed by atoms with Crippen molar-refractivity contribution in [1.29, 1.82) is 0 Å². The summed E-state index contributed by atoms with van der Waals surface area (Å²) in [4.78, 5) is 0. The second-order valence-electron chi connectivity index (χ2n) is 5.74. The van der Waals surface area contributed by atoms with Gasteiger partial charge in [-0.2, -0.15) is 5.10 Å². The first-order valence-electron chi connectivity index (χ1n) is 7.45. The molecule has 102 valence electrons. The molecule has 1 aliphatic carbocycles. The average Bonchev–Trinajstić information content (AvgIpc) is 2.79. The summed E-state index contributed by atoms with van der Waals surface area (Å²) in [6.45, 7) is 7.41. The third-order valence-electron chi connectivity index (χ3n) is 4.55. The predicted molar refractivity (Wildman–Crippen MR) is 75.3 cm³/mol. The molecular weight excluding hydrogens is 222 g/mol. The molecule has 18 heavy (non-hydrogen) atoms. The van der Waals surface area contributed by atoms with Crippen LogP contribution in [0.15, 0.2) is 6.07 Å². The molecule has 1 saturated carbocycles. The molecule has 2 N–H and O–H groups in total. The average molecular weight is 249 g/mol. The monoisotopic (exact) mass is 249 g/mol. The van der Waals surface area contributed by atoms with Gasteiger partial charge in [0.15, 0.2) is 0 Å². The van der Waals surface area contributed by atoms with E-state index in [2.05, 4.69) is 36.6 Å². The first-order chi connectivity index (χ1) is 8.65. The number of aryl methyl sites for hydroxylation is 2. The van der Waals surface area contributed by atoms with Crippen molar-refractivity contribution >= 4 is 0 Å². The summed E-state index contributed by atoms with van der Waals surface area (Å²) in [6, 6.07) is 2.34. The molecule has 1 heterocycles. The van der Waals surface area contributed by atoms with Crippen LogP contribution in [0.2, 0.25) is 0 Å². The highest BCUT2D eigenvalue weighted by Crippen LogP contribution is 2.36. The fourth-order valence-corrected chi connectivity index (χ4v) is 3.28. The first-order valence-corrected chi connectivity index (χ1v) is 7.45. The number of aromatic nitrogens is 2. The Morgan fingerprint density at radius 3 is 2.56 bits per heavy atom. The minimum atomic E-state index is 0.170. The summed E-state index contributed by atoms with van der Waals surface area (Å²) >= 11 is 0. The van der Waals surface area contributed by atoms with Crippen molar-refractivity contribution in [2.45, 2.75) is 65.5 Å². The number of rotatable bonds is 4. The first kappa shape index (κ1) is 13.6. The van der Waals surface area contributed by atoms with E-state index in [4.69, 9.17) is 5.73 Å². The quantitative estimate of drug-likeness (QED) is 0.888. The molecule has 0 bridgehead atoms. The fourth-order valence-electron chi connectivity index (χ4n) is 3.28. The number of nitrogens with two attached hydrogens (primary N) is 1. The molecule has 3 heteroatoms.